The molecule has 0 aliphatic rings. The molecule has 0 aliphatic heterocycles. The average molecular weight is 289 g/mol. The molecule has 4 nitrogen and oxygen atoms in total. The number of halogens is 3. The summed E-state index contributed by atoms with van der Waals surface area (Å²) in [6.45, 7) is 4.29. The van der Waals surface area contributed by atoms with E-state index < -0.39 is 17.6 Å². The maximum absolute atomic E-state index is 12.3. The highest BCUT2D eigenvalue weighted by atomic mass is 19.4. The maximum atomic E-state index is 12.3. The van der Waals surface area contributed by atoms with Crippen molar-refractivity contribution in [1.82, 2.24) is 10.3 Å². The third-order valence-corrected chi connectivity index (χ3v) is 2.62. The maximum Gasteiger partial charge on any atom is 0.417 e. The summed E-state index contributed by atoms with van der Waals surface area (Å²) in [5.41, 5.74) is 4.85. The van der Waals surface area contributed by atoms with Crippen molar-refractivity contribution >= 4 is 5.91 Å². The third-order valence-electron chi connectivity index (χ3n) is 2.62. The fourth-order valence-electron chi connectivity index (χ4n) is 1.70. The highest BCUT2D eigenvalue weighted by Gasteiger charge is 2.30. The number of alkyl halides is 3. The number of rotatable bonds is 5. The van der Waals surface area contributed by atoms with Gasteiger partial charge in [0.05, 0.1) is 5.56 Å². The van der Waals surface area contributed by atoms with Crippen LogP contribution in [0.1, 0.15) is 36.3 Å². The first-order valence-electron chi connectivity index (χ1n) is 6.27. The van der Waals surface area contributed by atoms with Crippen LogP contribution in [-0.2, 0) is 6.18 Å². The number of nitrogens with two attached hydrogens (primary N) is 1. The molecule has 0 saturated heterocycles. The molecule has 3 N–H and O–H groups in total. The highest BCUT2D eigenvalue weighted by Crippen LogP contribution is 2.28. The summed E-state index contributed by atoms with van der Waals surface area (Å²) < 4.78 is 37.0. The molecule has 0 fully saturated rings. The second-order valence-electron chi connectivity index (χ2n) is 5.03. The van der Waals surface area contributed by atoms with E-state index in [1.807, 2.05) is 13.8 Å². The van der Waals surface area contributed by atoms with Gasteiger partial charge in [-0.25, -0.2) is 0 Å². The largest absolute Gasteiger partial charge is 0.417 e. The topological polar surface area (TPSA) is 68.0 Å². The molecule has 0 radical (unpaired) electrons. The Labute approximate surface area is 115 Å². The number of pyridine rings is 1. The van der Waals surface area contributed by atoms with Gasteiger partial charge in [0.15, 0.2) is 0 Å². The van der Waals surface area contributed by atoms with Gasteiger partial charge in [-0.15, -0.1) is 0 Å². The molecule has 0 aromatic carbocycles. The zero-order chi connectivity index (χ0) is 15.3. The van der Waals surface area contributed by atoms with E-state index in [4.69, 9.17) is 5.73 Å². The van der Waals surface area contributed by atoms with E-state index in [-0.39, 0.29) is 18.3 Å². The number of aromatic nitrogens is 1. The van der Waals surface area contributed by atoms with Crippen LogP contribution in [0, 0.1) is 5.92 Å². The van der Waals surface area contributed by atoms with Crippen molar-refractivity contribution in [3.8, 4) is 0 Å². The Bertz CT molecular complexity index is 443. The molecule has 1 rings (SSSR count). The SMILES string of the molecule is CC(C)CC(N)CNC(=O)c1ccc(C(F)(F)F)cn1. The molecular weight excluding hydrogens is 271 g/mol. The van der Waals surface area contributed by atoms with Gasteiger partial charge < -0.3 is 11.1 Å². The van der Waals surface area contributed by atoms with Gasteiger partial charge in [-0.05, 0) is 24.5 Å². The van der Waals surface area contributed by atoms with Gasteiger partial charge in [-0.2, -0.15) is 13.2 Å². The van der Waals surface area contributed by atoms with Gasteiger partial charge in [0, 0.05) is 18.8 Å². The average Bonchev–Trinajstić information content (AvgIpc) is 2.34. The molecule has 1 aromatic rings. The first-order chi connectivity index (χ1) is 9.20. The highest BCUT2D eigenvalue weighted by molar-refractivity contribution is 5.92. The van der Waals surface area contributed by atoms with E-state index in [2.05, 4.69) is 10.3 Å². The van der Waals surface area contributed by atoms with E-state index in [0.29, 0.717) is 12.1 Å². The monoisotopic (exact) mass is 289 g/mol. The van der Waals surface area contributed by atoms with Crippen molar-refractivity contribution in [2.75, 3.05) is 6.54 Å². The predicted molar refractivity (Wildman–Crippen MR) is 69.0 cm³/mol. The van der Waals surface area contributed by atoms with Crippen LogP contribution in [0.2, 0.25) is 0 Å². The first kappa shape index (κ1) is 16.4. The normalized spacial score (nSPS) is 13.3. The molecule has 1 aromatic heterocycles. The lowest BCUT2D eigenvalue weighted by atomic mass is 10.0. The van der Waals surface area contributed by atoms with Gasteiger partial charge in [0.1, 0.15) is 5.69 Å². The number of nitrogens with zero attached hydrogens (tertiary/aromatic N) is 1. The standard InChI is InChI=1S/C13H18F3N3O/c1-8(2)5-10(17)7-19-12(20)11-4-3-9(6-18-11)13(14,15)16/h3-4,6,8,10H,5,7,17H2,1-2H3,(H,19,20). The number of carbonyl (C=O) groups excluding carboxylic acids is 1. The Morgan fingerprint density at radius 3 is 2.50 bits per heavy atom. The molecule has 0 spiro atoms. The second-order valence-corrected chi connectivity index (χ2v) is 5.03. The van der Waals surface area contributed by atoms with Crippen LogP contribution in [0.4, 0.5) is 13.2 Å². The van der Waals surface area contributed by atoms with Crippen molar-refractivity contribution in [3.63, 3.8) is 0 Å². The fraction of sp³-hybridized carbons (Fsp3) is 0.538. The van der Waals surface area contributed by atoms with E-state index >= 15 is 0 Å². The van der Waals surface area contributed by atoms with Crippen LogP contribution in [0.5, 0.6) is 0 Å². The number of amides is 1. The molecule has 1 heterocycles. The zero-order valence-electron chi connectivity index (χ0n) is 11.4. The van der Waals surface area contributed by atoms with Crippen molar-refractivity contribution in [1.29, 1.82) is 0 Å². The van der Waals surface area contributed by atoms with Gasteiger partial charge in [0.25, 0.3) is 5.91 Å². The molecule has 112 valence electrons. The smallest absolute Gasteiger partial charge is 0.349 e. The summed E-state index contributed by atoms with van der Waals surface area (Å²) in [6, 6.07) is 1.69. The summed E-state index contributed by atoms with van der Waals surface area (Å²) in [7, 11) is 0. The van der Waals surface area contributed by atoms with Crippen molar-refractivity contribution < 1.29 is 18.0 Å². The minimum atomic E-state index is -4.46. The van der Waals surface area contributed by atoms with Gasteiger partial charge in [-0.3, -0.25) is 9.78 Å². The van der Waals surface area contributed by atoms with Crippen molar-refractivity contribution in [2.24, 2.45) is 11.7 Å². The van der Waals surface area contributed by atoms with Gasteiger partial charge in [-0.1, -0.05) is 13.8 Å². The van der Waals surface area contributed by atoms with Crippen molar-refractivity contribution in [2.45, 2.75) is 32.5 Å². The van der Waals surface area contributed by atoms with Crippen LogP contribution in [-0.4, -0.2) is 23.5 Å². The quantitative estimate of drug-likeness (QED) is 0.873. The van der Waals surface area contributed by atoms with E-state index in [9.17, 15) is 18.0 Å². The summed E-state index contributed by atoms with van der Waals surface area (Å²) in [6.07, 6.45) is -3.06. The second kappa shape index (κ2) is 6.69. The number of carbonyl (C=O) groups is 1. The van der Waals surface area contributed by atoms with Crippen LogP contribution in [0.3, 0.4) is 0 Å². The van der Waals surface area contributed by atoms with E-state index in [0.717, 1.165) is 18.6 Å². The number of hydrogen-bond donors (Lipinski definition) is 2. The lowest BCUT2D eigenvalue weighted by Crippen LogP contribution is -2.38. The molecular formula is C13H18F3N3O. The zero-order valence-corrected chi connectivity index (χ0v) is 11.4. The van der Waals surface area contributed by atoms with E-state index in [1.165, 1.54) is 0 Å². The minimum absolute atomic E-state index is 0.0604. The van der Waals surface area contributed by atoms with Crippen molar-refractivity contribution in [3.05, 3.63) is 29.6 Å². The molecule has 7 heteroatoms. The first-order valence-corrected chi connectivity index (χ1v) is 6.27. The molecule has 20 heavy (non-hydrogen) atoms. The summed E-state index contributed by atoms with van der Waals surface area (Å²) in [5, 5.41) is 2.55. The molecule has 1 unspecified atom stereocenters. The fourth-order valence-corrected chi connectivity index (χ4v) is 1.70. The molecule has 1 amide bonds. The third kappa shape index (κ3) is 5.16. The van der Waals surface area contributed by atoms with Crippen LogP contribution >= 0.6 is 0 Å². The Morgan fingerprint density at radius 2 is 2.05 bits per heavy atom. The van der Waals surface area contributed by atoms with Gasteiger partial charge >= 0.3 is 6.18 Å². The number of nitrogens with one attached hydrogen (secondary N) is 1. The Balaban J connectivity index is 2.56. The predicted octanol–water partition coefficient (Wildman–Crippen LogP) is 2.20. The van der Waals surface area contributed by atoms with E-state index in [1.54, 1.807) is 0 Å². The summed E-state index contributed by atoms with van der Waals surface area (Å²) in [5.74, 6) is -0.121. The minimum Gasteiger partial charge on any atom is -0.349 e. The Morgan fingerprint density at radius 1 is 1.40 bits per heavy atom. The Kier molecular flexibility index (Phi) is 5.50. The lowest BCUT2D eigenvalue weighted by molar-refractivity contribution is -0.137. The molecule has 0 bridgehead atoms. The van der Waals surface area contributed by atoms with Crippen LogP contribution < -0.4 is 11.1 Å². The molecule has 0 saturated carbocycles. The van der Waals surface area contributed by atoms with Crippen LogP contribution in [0.25, 0.3) is 0 Å². The summed E-state index contributed by atoms with van der Waals surface area (Å²) >= 11 is 0. The summed E-state index contributed by atoms with van der Waals surface area (Å²) in [4.78, 5) is 15.2. The molecule has 0 aliphatic carbocycles. The number of hydrogen-bond acceptors (Lipinski definition) is 3. The molecule has 1 atom stereocenters. The lowest BCUT2D eigenvalue weighted by Gasteiger charge is -2.14. The van der Waals surface area contributed by atoms with Crippen LogP contribution in [0.15, 0.2) is 18.3 Å². The van der Waals surface area contributed by atoms with Gasteiger partial charge in [0.2, 0.25) is 0 Å². The Hall–Kier alpha value is -1.63.